The Balaban J connectivity index is 1.84. The quantitative estimate of drug-likeness (QED) is 0.672. The summed E-state index contributed by atoms with van der Waals surface area (Å²) in [5.41, 5.74) is 2.04. The number of methoxy groups -OCH3 is 2. The average molecular weight is 377 g/mol. The second kappa shape index (κ2) is 5.87. The SMILES string of the molecule is COc1cnc([SH](C)(=O)c2nc3cc4c(cc3[nH]2)OCO4)c(C)c1OC. The number of nitrogens with zero attached hydrogens (tertiary/aromatic N) is 2. The van der Waals surface area contributed by atoms with Crippen LogP contribution in [0.25, 0.3) is 11.0 Å². The van der Waals surface area contributed by atoms with Crippen LogP contribution in [0, 0.1) is 6.92 Å². The second-order valence-corrected chi connectivity index (χ2v) is 8.71. The number of aromatic amines is 1. The number of hydrogen-bond acceptors (Lipinski definition) is 7. The molecule has 0 bridgehead atoms. The monoisotopic (exact) mass is 377 g/mol. The lowest BCUT2D eigenvalue weighted by Gasteiger charge is -2.20. The number of nitrogens with one attached hydrogen (secondary N) is 1. The topological polar surface area (TPSA) is 95.6 Å². The Morgan fingerprint density at radius 3 is 2.62 bits per heavy atom. The van der Waals surface area contributed by atoms with E-state index in [0.717, 1.165) is 5.52 Å². The van der Waals surface area contributed by atoms with Crippen LogP contribution in [0.15, 0.2) is 28.5 Å². The van der Waals surface area contributed by atoms with Gasteiger partial charge in [-0.3, -0.25) is 4.21 Å². The molecule has 2 aromatic heterocycles. The van der Waals surface area contributed by atoms with E-state index >= 15 is 0 Å². The van der Waals surface area contributed by atoms with Crippen LogP contribution in [0.1, 0.15) is 5.56 Å². The molecule has 0 radical (unpaired) electrons. The Kier molecular flexibility index (Phi) is 3.76. The van der Waals surface area contributed by atoms with Crippen LogP contribution in [0.2, 0.25) is 0 Å². The van der Waals surface area contributed by atoms with Gasteiger partial charge in [0.1, 0.15) is 5.03 Å². The third-order valence-electron chi connectivity index (χ3n) is 4.40. The summed E-state index contributed by atoms with van der Waals surface area (Å²) in [6.07, 6.45) is 3.14. The van der Waals surface area contributed by atoms with Crippen molar-refractivity contribution in [2.24, 2.45) is 0 Å². The zero-order valence-corrected chi connectivity index (χ0v) is 15.7. The smallest absolute Gasteiger partial charge is 0.231 e. The number of pyridine rings is 1. The molecule has 1 N–H and O–H groups in total. The summed E-state index contributed by atoms with van der Waals surface area (Å²) < 4.78 is 35.0. The predicted octanol–water partition coefficient (Wildman–Crippen LogP) is 2.08. The number of ether oxygens (including phenoxy) is 4. The number of fused-ring (bicyclic) bond motifs is 2. The lowest BCUT2D eigenvalue weighted by Crippen LogP contribution is -2.16. The normalized spacial score (nSPS) is 13.8. The van der Waals surface area contributed by atoms with Gasteiger partial charge in [-0.2, -0.15) is 0 Å². The molecule has 1 aromatic carbocycles. The van der Waals surface area contributed by atoms with Crippen LogP contribution in [0.4, 0.5) is 0 Å². The number of benzene rings is 1. The van der Waals surface area contributed by atoms with E-state index in [-0.39, 0.29) is 6.79 Å². The fourth-order valence-electron chi connectivity index (χ4n) is 3.08. The maximum atomic E-state index is 13.6. The second-order valence-electron chi connectivity index (χ2n) is 6.02. The molecule has 1 aliphatic heterocycles. The Hall–Kier alpha value is -2.81. The summed E-state index contributed by atoms with van der Waals surface area (Å²) in [6.45, 7) is 1.99. The molecule has 0 saturated carbocycles. The van der Waals surface area contributed by atoms with Crippen molar-refractivity contribution in [3.05, 3.63) is 23.9 Å². The van der Waals surface area contributed by atoms with Crippen molar-refractivity contribution in [1.29, 1.82) is 0 Å². The standard InChI is InChI=1S/C17H19N3O5S/c1-9-15(23-3)14(22-2)7-18-16(9)26(4,21)17-19-10-5-12-13(25-8-24-12)6-11(10)20-17/h5-7,26H,8H2,1-4H3,(H,19,20). The highest BCUT2D eigenvalue weighted by molar-refractivity contribution is 8.02. The highest BCUT2D eigenvalue weighted by Gasteiger charge is 2.27. The highest BCUT2D eigenvalue weighted by atomic mass is 32.2. The Labute approximate surface area is 150 Å². The summed E-state index contributed by atoms with van der Waals surface area (Å²) in [5, 5.41) is 0.785. The molecule has 26 heavy (non-hydrogen) atoms. The minimum absolute atomic E-state index is 0.190. The fourth-order valence-corrected chi connectivity index (χ4v) is 4.93. The summed E-state index contributed by atoms with van der Waals surface area (Å²) in [5.74, 6) is 2.27. The fraction of sp³-hybridized carbons (Fsp3) is 0.294. The van der Waals surface area contributed by atoms with Gasteiger partial charge < -0.3 is 23.9 Å². The van der Waals surface area contributed by atoms with Gasteiger partial charge in [-0.1, -0.05) is 0 Å². The maximum absolute atomic E-state index is 13.6. The Morgan fingerprint density at radius 2 is 1.92 bits per heavy atom. The van der Waals surface area contributed by atoms with Crippen molar-refractivity contribution < 1.29 is 23.2 Å². The molecule has 3 heterocycles. The summed E-state index contributed by atoms with van der Waals surface area (Å²) in [6, 6.07) is 3.57. The van der Waals surface area contributed by atoms with E-state index in [9.17, 15) is 4.21 Å². The number of aromatic nitrogens is 3. The van der Waals surface area contributed by atoms with Crippen molar-refractivity contribution in [2.75, 3.05) is 27.3 Å². The molecule has 8 nitrogen and oxygen atoms in total. The first-order chi connectivity index (χ1) is 12.5. The third-order valence-corrected chi connectivity index (χ3v) is 6.68. The lowest BCUT2D eigenvalue weighted by atomic mass is 10.3. The summed E-state index contributed by atoms with van der Waals surface area (Å²) in [7, 11) is -0.0193. The van der Waals surface area contributed by atoms with Crippen LogP contribution in [-0.2, 0) is 9.93 Å². The first-order valence-electron chi connectivity index (χ1n) is 7.91. The summed E-state index contributed by atoms with van der Waals surface area (Å²) >= 11 is 0. The molecule has 0 aliphatic carbocycles. The van der Waals surface area contributed by atoms with Gasteiger partial charge in [0.15, 0.2) is 28.2 Å². The van der Waals surface area contributed by atoms with Gasteiger partial charge in [0.25, 0.3) is 0 Å². The minimum atomic E-state index is -3.09. The highest BCUT2D eigenvalue weighted by Crippen LogP contribution is 2.39. The lowest BCUT2D eigenvalue weighted by molar-refractivity contribution is 0.174. The van der Waals surface area contributed by atoms with E-state index in [4.69, 9.17) is 18.9 Å². The van der Waals surface area contributed by atoms with Crippen molar-refractivity contribution >= 4 is 21.0 Å². The number of thiol groups is 1. The zero-order chi connectivity index (χ0) is 18.5. The molecular formula is C17H19N3O5S. The predicted molar refractivity (Wildman–Crippen MR) is 96.3 cm³/mol. The van der Waals surface area contributed by atoms with Crippen LogP contribution >= 0.6 is 0 Å². The molecule has 138 valence electrons. The largest absolute Gasteiger partial charge is 0.492 e. The molecule has 9 heteroatoms. The van der Waals surface area contributed by atoms with E-state index in [1.165, 1.54) is 20.4 Å². The van der Waals surface area contributed by atoms with Gasteiger partial charge in [-0.25, -0.2) is 9.97 Å². The molecule has 0 spiro atoms. The first-order valence-corrected chi connectivity index (χ1v) is 10.1. The van der Waals surface area contributed by atoms with Crippen LogP contribution in [-0.4, -0.2) is 46.4 Å². The molecule has 0 atom stereocenters. The number of hydrogen-bond donors (Lipinski definition) is 2. The molecule has 0 amide bonds. The van der Waals surface area contributed by atoms with E-state index in [0.29, 0.717) is 44.3 Å². The number of rotatable bonds is 4. The van der Waals surface area contributed by atoms with Gasteiger partial charge in [0.2, 0.25) is 6.79 Å². The minimum Gasteiger partial charge on any atom is -0.492 e. The van der Waals surface area contributed by atoms with E-state index < -0.39 is 9.93 Å². The van der Waals surface area contributed by atoms with Crippen LogP contribution in [0.3, 0.4) is 0 Å². The van der Waals surface area contributed by atoms with E-state index in [1.54, 1.807) is 25.3 Å². The Bertz CT molecular complexity index is 1020. The van der Waals surface area contributed by atoms with Crippen LogP contribution in [0.5, 0.6) is 23.0 Å². The van der Waals surface area contributed by atoms with Crippen molar-refractivity contribution in [3.63, 3.8) is 0 Å². The van der Waals surface area contributed by atoms with Gasteiger partial charge in [-0.05, 0) is 16.9 Å². The molecule has 0 fully saturated rings. The molecule has 0 saturated heterocycles. The Morgan fingerprint density at radius 1 is 1.19 bits per heavy atom. The third kappa shape index (κ3) is 2.38. The molecule has 0 unspecified atom stereocenters. The van der Waals surface area contributed by atoms with Crippen molar-refractivity contribution in [1.82, 2.24) is 15.0 Å². The molecule has 1 aliphatic rings. The van der Waals surface area contributed by atoms with Gasteiger partial charge in [0, 0.05) is 24.0 Å². The van der Waals surface area contributed by atoms with Gasteiger partial charge in [-0.15, -0.1) is 0 Å². The van der Waals surface area contributed by atoms with Gasteiger partial charge in [0.05, 0.1) is 31.4 Å². The van der Waals surface area contributed by atoms with Crippen LogP contribution < -0.4 is 18.9 Å². The molecule has 4 rings (SSSR count). The maximum Gasteiger partial charge on any atom is 0.231 e. The van der Waals surface area contributed by atoms with E-state index in [2.05, 4.69) is 15.0 Å². The van der Waals surface area contributed by atoms with E-state index in [1.807, 2.05) is 0 Å². The average Bonchev–Trinajstić information content (AvgIpc) is 3.24. The van der Waals surface area contributed by atoms with Crippen molar-refractivity contribution in [2.45, 2.75) is 17.1 Å². The number of H-pyrrole nitrogens is 1. The molecule has 3 aromatic rings. The van der Waals surface area contributed by atoms with Crippen molar-refractivity contribution in [3.8, 4) is 23.0 Å². The first kappa shape index (κ1) is 16.6. The zero-order valence-electron chi connectivity index (χ0n) is 14.8. The number of imidazole rings is 1. The molecular weight excluding hydrogens is 358 g/mol. The summed E-state index contributed by atoms with van der Waals surface area (Å²) in [4.78, 5) is 12.0. The van der Waals surface area contributed by atoms with Gasteiger partial charge >= 0.3 is 0 Å².